The zero-order valence-electron chi connectivity index (χ0n) is 11.5. The lowest BCUT2D eigenvalue weighted by atomic mass is 10.2. The molecule has 6 heteroatoms. The van der Waals surface area contributed by atoms with E-state index in [4.69, 9.17) is 4.74 Å². The Morgan fingerprint density at radius 1 is 1.43 bits per heavy atom. The van der Waals surface area contributed by atoms with E-state index in [1.165, 1.54) is 6.20 Å². The molecule has 1 fully saturated rings. The fourth-order valence-electron chi connectivity index (χ4n) is 2.46. The molecule has 0 spiro atoms. The zero-order chi connectivity index (χ0) is 14.7. The molecule has 1 aromatic heterocycles. The van der Waals surface area contributed by atoms with E-state index in [1.54, 1.807) is 4.68 Å². The molecule has 0 saturated carbocycles. The molecule has 1 atom stereocenters. The Labute approximate surface area is 122 Å². The summed E-state index contributed by atoms with van der Waals surface area (Å²) in [5.74, 6) is -0.503. The van der Waals surface area contributed by atoms with Crippen molar-refractivity contribution in [3.63, 3.8) is 0 Å². The molecular weight excluding hydrogens is 270 g/mol. The highest BCUT2D eigenvalue weighted by atomic mass is 16.5. The molecule has 1 aliphatic rings. The Hall–Kier alpha value is -2.34. The van der Waals surface area contributed by atoms with Gasteiger partial charge in [-0.2, -0.15) is 5.10 Å². The first-order valence-corrected chi connectivity index (χ1v) is 6.98. The minimum absolute atomic E-state index is 0.130. The van der Waals surface area contributed by atoms with Gasteiger partial charge in [-0.15, -0.1) is 0 Å². The van der Waals surface area contributed by atoms with E-state index in [9.17, 15) is 9.90 Å². The van der Waals surface area contributed by atoms with Crippen LogP contribution < -0.4 is 5.32 Å². The Morgan fingerprint density at radius 3 is 2.90 bits per heavy atom. The molecule has 1 saturated heterocycles. The van der Waals surface area contributed by atoms with Crippen molar-refractivity contribution in [1.82, 2.24) is 9.78 Å². The average molecular weight is 287 g/mol. The molecule has 0 aliphatic carbocycles. The molecule has 21 heavy (non-hydrogen) atoms. The standard InChI is InChI=1S/C15H17N3O3/c19-15(20)13-10-17-18(11-5-2-1-3-6-11)14(13)16-9-12-7-4-8-21-12/h1-3,5-6,10,12,16H,4,7-9H2,(H,19,20). The summed E-state index contributed by atoms with van der Waals surface area (Å²) in [6.07, 6.45) is 3.55. The Balaban J connectivity index is 1.87. The van der Waals surface area contributed by atoms with Crippen LogP contribution >= 0.6 is 0 Å². The van der Waals surface area contributed by atoms with Gasteiger partial charge in [-0.3, -0.25) is 0 Å². The summed E-state index contributed by atoms with van der Waals surface area (Å²) in [6, 6.07) is 9.46. The highest BCUT2D eigenvalue weighted by Gasteiger charge is 2.20. The van der Waals surface area contributed by atoms with Crippen molar-refractivity contribution in [3.05, 3.63) is 42.1 Å². The number of hydrogen-bond donors (Lipinski definition) is 2. The first kappa shape index (κ1) is 13.6. The van der Waals surface area contributed by atoms with Crippen LogP contribution in [0.25, 0.3) is 5.69 Å². The lowest BCUT2D eigenvalue weighted by Crippen LogP contribution is -2.21. The van der Waals surface area contributed by atoms with Gasteiger partial charge < -0.3 is 15.2 Å². The van der Waals surface area contributed by atoms with E-state index >= 15 is 0 Å². The number of anilines is 1. The van der Waals surface area contributed by atoms with Crippen LogP contribution in [0, 0.1) is 0 Å². The largest absolute Gasteiger partial charge is 0.477 e. The number of aromatic carboxylic acids is 1. The molecular formula is C15H17N3O3. The third-order valence-electron chi connectivity index (χ3n) is 3.52. The van der Waals surface area contributed by atoms with E-state index in [-0.39, 0.29) is 11.7 Å². The number of nitrogens with zero attached hydrogens (tertiary/aromatic N) is 2. The summed E-state index contributed by atoms with van der Waals surface area (Å²) in [7, 11) is 0. The number of para-hydroxylation sites is 1. The van der Waals surface area contributed by atoms with Crippen LogP contribution in [0.1, 0.15) is 23.2 Å². The van der Waals surface area contributed by atoms with Gasteiger partial charge in [0.1, 0.15) is 11.4 Å². The highest BCUT2D eigenvalue weighted by molar-refractivity contribution is 5.93. The van der Waals surface area contributed by atoms with Crippen LogP contribution in [0.3, 0.4) is 0 Å². The van der Waals surface area contributed by atoms with Gasteiger partial charge >= 0.3 is 5.97 Å². The van der Waals surface area contributed by atoms with Crippen LogP contribution in [0.5, 0.6) is 0 Å². The van der Waals surface area contributed by atoms with Crippen LogP contribution in [0.15, 0.2) is 36.5 Å². The van der Waals surface area contributed by atoms with E-state index in [1.807, 2.05) is 30.3 Å². The number of hydrogen-bond acceptors (Lipinski definition) is 4. The quantitative estimate of drug-likeness (QED) is 0.881. The van der Waals surface area contributed by atoms with Gasteiger partial charge in [0, 0.05) is 13.2 Å². The summed E-state index contributed by atoms with van der Waals surface area (Å²) >= 11 is 0. The topological polar surface area (TPSA) is 76.4 Å². The van der Waals surface area contributed by atoms with Crippen LogP contribution in [-0.4, -0.2) is 40.1 Å². The highest BCUT2D eigenvalue weighted by Crippen LogP contribution is 2.21. The lowest BCUT2D eigenvalue weighted by Gasteiger charge is -2.14. The maximum atomic E-state index is 11.3. The van der Waals surface area contributed by atoms with Crippen molar-refractivity contribution in [2.24, 2.45) is 0 Å². The predicted octanol–water partition coefficient (Wildman–Crippen LogP) is 2.16. The fourth-order valence-corrected chi connectivity index (χ4v) is 2.46. The van der Waals surface area contributed by atoms with E-state index in [0.717, 1.165) is 25.1 Å². The van der Waals surface area contributed by atoms with Crippen LogP contribution in [-0.2, 0) is 4.74 Å². The number of nitrogens with one attached hydrogen (secondary N) is 1. The summed E-state index contributed by atoms with van der Waals surface area (Å²) < 4.78 is 7.17. The van der Waals surface area contributed by atoms with Crippen molar-refractivity contribution in [3.8, 4) is 5.69 Å². The van der Waals surface area contributed by atoms with Gasteiger partial charge in [0.2, 0.25) is 0 Å². The third kappa shape index (κ3) is 2.90. The Kier molecular flexibility index (Phi) is 3.87. The summed E-state index contributed by atoms with van der Waals surface area (Å²) in [6.45, 7) is 1.36. The van der Waals surface area contributed by atoms with Gasteiger partial charge in [-0.1, -0.05) is 18.2 Å². The molecule has 0 amide bonds. The molecule has 1 aromatic carbocycles. The third-order valence-corrected chi connectivity index (χ3v) is 3.52. The lowest BCUT2D eigenvalue weighted by molar-refractivity contribution is 0.0697. The van der Waals surface area contributed by atoms with Crippen molar-refractivity contribution in [1.29, 1.82) is 0 Å². The zero-order valence-corrected chi connectivity index (χ0v) is 11.5. The van der Waals surface area contributed by atoms with Crippen LogP contribution in [0.2, 0.25) is 0 Å². The first-order chi connectivity index (χ1) is 10.3. The first-order valence-electron chi connectivity index (χ1n) is 6.98. The van der Waals surface area contributed by atoms with Crippen molar-refractivity contribution in [2.75, 3.05) is 18.5 Å². The molecule has 2 N–H and O–H groups in total. The average Bonchev–Trinajstić information content (AvgIpc) is 3.15. The molecule has 2 aromatic rings. The molecule has 0 radical (unpaired) electrons. The number of carboxylic acid groups (broad SMARTS) is 1. The number of rotatable bonds is 5. The second-order valence-corrected chi connectivity index (χ2v) is 4.98. The smallest absolute Gasteiger partial charge is 0.341 e. The maximum absolute atomic E-state index is 11.3. The van der Waals surface area contributed by atoms with Crippen LogP contribution in [0.4, 0.5) is 5.82 Å². The summed E-state index contributed by atoms with van der Waals surface area (Å²) in [5.41, 5.74) is 0.983. The summed E-state index contributed by atoms with van der Waals surface area (Å²) in [4.78, 5) is 11.3. The van der Waals surface area contributed by atoms with Crippen molar-refractivity contribution >= 4 is 11.8 Å². The minimum atomic E-state index is -0.993. The molecule has 110 valence electrons. The number of carbonyl (C=O) groups is 1. The van der Waals surface area contributed by atoms with Gasteiger partial charge in [0.05, 0.1) is 18.0 Å². The summed E-state index contributed by atoms with van der Waals surface area (Å²) in [5, 5.41) is 16.7. The van der Waals surface area contributed by atoms with Gasteiger partial charge in [-0.05, 0) is 25.0 Å². The molecule has 2 heterocycles. The molecule has 0 bridgehead atoms. The second kappa shape index (κ2) is 5.97. The SMILES string of the molecule is O=C(O)c1cnn(-c2ccccc2)c1NCC1CCCO1. The minimum Gasteiger partial charge on any atom is -0.477 e. The molecule has 3 rings (SSSR count). The number of carboxylic acids is 1. The normalized spacial score (nSPS) is 17.8. The van der Waals surface area contributed by atoms with Crippen molar-refractivity contribution < 1.29 is 14.6 Å². The van der Waals surface area contributed by atoms with E-state index in [0.29, 0.717) is 12.4 Å². The van der Waals surface area contributed by atoms with Crippen molar-refractivity contribution in [2.45, 2.75) is 18.9 Å². The molecule has 1 unspecified atom stereocenters. The Morgan fingerprint density at radius 2 is 2.24 bits per heavy atom. The number of benzene rings is 1. The van der Waals surface area contributed by atoms with Gasteiger partial charge in [0.15, 0.2) is 0 Å². The Bertz CT molecular complexity index is 618. The van der Waals surface area contributed by atoms with Gasteiger partial charge in [-0.25, -0.2) is 9.48 Å². The predicted molar refractivity (Wildman–Crippen MR) is 78.0 cm³/mol. The maximum Gasteiger partial charge on any atom is 0.341 e. The van der Waals surface area contributed by atoms with E-state index < -0.39 is 5.97 Å². The number of aromatic nitrogens is 2. The van der Waals surface area contributed by atoms with Gasteiger partial charge in [0.25, 0.3) is 0 Å². The molecule has 6 nitrogen and oxygen atoms in total. The number of ether oxygens (including phenoxy) is 1. The fraction of sp³-hybridized carbons (Fsp3) is 0.333. The second-order valence-electron chi connectivity index (χ2n) is 4.98. The monoisotopic (exact) mass is 287 g/mol. The molecule has 1 aliphatic heterocycles. The van der Waals surface area contributed by atoms with E-state index in [2.05, 4.69) is 10.4 Å².